The van der Waals surface area contributed by atoms with Crippen LogP contribution in [-0.4, -0.2) is 18.8 Å². The van der Waals surface area contributed by atoms with Crippen LogP contribution in [-0.2, 0) is 5.75 Å². The molecule has 1 N–H and O–H groups in total. The standard InChI is InChI=1S/C13H21NS/c1-4-13(14-3)10-15-9-12-8-6-5-7-11(12)2/h5-8,13-14H,4,9-10H2,1-3H3. The van der Waals surface area contributed by atoms with Gasteiger partial charge in [0.1, 0.15) is 0 Å². The average Bonchev–Trinajstić information content (AvgIpc) is 2.27. The maximum atomic E-state index is 3.33. The Kier molecular flexibility index (Phi) is 5.81. The Morgan fingerprint density at radius 2 is 2.07 bits per heavy atom. The molecule has 0 aliphatic rings. The number of benzene rings is 1. The molecule has 2 heteroatoms. The first kappa shape index (κ1) is 12.6. The molecule has 0 spiro atoms. The van der Waals surface area contributed by atoms with Crippen LogP contribution in [0.25, 0.3) is 0 Å². The van der Waals surface area contributed by atoms with Crippen LogP contribution in [0.5, 0.6) is 0 Å². The van der Waals surface area contributed by atoms with E-state index in [0.717, 1.165) is 5.75 Å². The number of hydrogen-bond donors (Lipinski definition) is 1. The number of hydrogen-bond acceptors (Lipinski definition) is 2. The molecule has 0 aliphatic heterocycles. The molecule has 15 heavy (non-hydrogen) atoms. The van der Waals surface area contributed by atoms with Gasteiger partial charge in [0.2, 0.25) is 0 Å². The van der Waals surface area contributed by atoms with E-state index in [-0.39, 0.29) is 0 Å². The van der Waals surface area contributed by atoms with Crippen LogP contribution in [0.1, 0.15) is 24.5 Å². The molecular weight excluding hydrogens is 202 g/mol. The summed E-state index contributed by atoms with van der Waals surface area (Å²) < 4.78 is 0. The highest BCUT2D eigenvalue weighted by Gasteiger charge is 2.03. The van der Waals surface area contributed by atoms with Gasteiger partial charge in [0.25, 0.3) is 0 Å². The van der Waals surface area contributed by atoms with Gasteiger partial charge in [-0.15, -0.1) is 0 Å². The molecule has 0 amide bonds. The Hall–Kier alpha value is -0.470. The van der Waals surface area contributed by atoms with Gasteiger partial charge < -0.3 is 5.32 Å². The van der Waals surface area contributed by atoms with Gasteiger partial charge in [0, 0.05) is 17.5 Å². The first-order valence-corrected chi connectivity index (χ1v) is 6.73. The normalized spacial score (nSPS) is 12.7. The summed E-state index contributed by atoms with van der Waals surface area (Å²) in [6.45, 7) is 4.42. The van der Waals surface area contributed by atoms with E-state index in [4.69, 9.17) is 0 Å². The Bertz CT molecular complexity index is 282. The van der Waals surface area contributed by atoms with Crippen molar-refractivity contribution in [1.82, 2.24) is 5.32 Å². The van der Waals surface area contributed by atoms with Gasteiger partial charge in [-0.25, -0.2) is 0 Å². The molecule has 0 aromatic heterocycles. The largest absolute Gasteiger partial charge is 0.316 e. The molecule has 1 rings (SSSR count). The summed E-state index contributed by atoms with van der Waals surface area (Å²) in [6, 6.07) is 9.29. The summed E-state index contributed by atoms with van der Waals surface area (Å²) in [6.07, 6.45) is 1.21. The summed E-state index contributed by atoms with van der Waals surface area (Å²) in [4.78, 5) is 0. The van der Waals surface area contributed by atoms with Crippen molar-refractivity contribution >= 4 is 11.8 Å². The lowest BCUT2D eigenvalue weighted by atomic mass is 10.1. The number of rotatable bonds is 6. The minimum Gasteiger partial charge on any atom is -0.316 e. The topological polar surface area (TPSA) is 12.0 Å². The van der Waals surface area contributed by atoms with E-state index in [1.807, 2.05) is 18.8 Å². The average molecular weight is 223 g/mol. The van der Waals surface area contributed by atoms with E-state index in [0.29, 0.717) is 6.04 Å². The minimum atomic E-state index is 0.652. The lowest BCUT2D eigenvalue weighted by molar-refractivity contribution is 0.601. The van der Waals surface area contributed by atoms with Gasteiger partial charge >= 0.3 is 0 Å². The molecule has 0 aliphatic carbocycles. The van der Waals surface area contributed by atoms with Crippen molar-refractivity contribution in [2.45, 2.75) is 32.1 Å². The third kappa shape index (κ3) is 4.27. The van der Waals surface area contributed by atoms with Gasteiger partial charge in [0.15, 0.2) is 0 Å². The highest BCUT2D eigenvalue weighted by atomic mass is 32.2. The predicted octanol–water partition coefficient (Wildman–Crippen LogP) is 3.23. The lowest BCUT2D eigenvalue weighted by Gasteiger charge is -2.13. The van der Waals surface area contributed by atoms with Gasteiger partial charge in [0.05, 0.1) is 0 Å². The molecule has 0 radical (unpaired) electrons. The van der Waals surface area contributed by atoms with Crippen molar-refractivity contribution in [3.05, 3.63) is 35.4 Å². The van der Waals surface area contributed by atoms with Crippen LogP contribution >= 0.6 is 11.8 Å². The molecule has 1 unspecified atom stereocenters. The zero-order chi connectivity index (χ0) is 11.1. The first-order valence-electron chi connectivity index (χ1n) is 5.57. The van der Waals surface area contributed by atoms with Crippen molar-refractivity contribution in [3.8, 4) is 0 Å². The third-order valence-electron chi connectivity index (χ3n) is 2.74. The molecule has 0 heterocycles. The third-order valence-corrected chi connectivity index (χ3v) is 3.89. The quantitative estimate of drug-likeness (QED) is 0.794. The minimum absolute atomic E-state index is 0.652. The lowest BCUT2D eigenvalue weighted by Crippen LogP contribution is -2.26. The Labute approximate surface area is 97.7 Å². The molecule has 0 bridgehead atoms. The Morgan fingerprint density at radius 1 is 1.33 bits per heavy atom. The van der Waals surface area contributed by atoms with E-state index >= 15 is 0 Å². The summed E-state index contributed by atoms with van der Waals surface area (Å²) in [7, 11) is 2.04. The second kappa shape index (κ2) is 6.91. The fourth-order valence-corrected chi connectivity index (χ4v) is 2.84. The maximum Gasteiger partial charge on any atom is 0.0187 e. The van der Waals surface area contributed by atoms with E-state index in [1.165, 1.54) is 23.3 Å². The number of nitrogens with one attached hydrogen (secondary N) is 1. The van der Waals surface area contributed by atoms with Crippen molar-refractivity contribution < 1.29 is 0 Å². The van der Waals surface area contributed by atoms with Crippen LogP contribution < -0.4 is 5.32 Å². The Morgan fingerprint density at radius 3 is 2.67 bits per heavy atom. The molecule has 0 saturated carbocycles. The predicted molar refractivity (Wildman–Crippen MR) is 70.5 cm³/mol. The monoisotopic (exact) mass is 223 g/mol. The SMILES string of the molecule is CCC(CSCc1ccccc1C)NC. The van der Waals surface area contributed by atoms with E-state index in [2.05, 4.69) is 43.4 Å². The molecule has 0 saturated heterocycles. The Balaban J connectivity index is 2.34. The van der Waals surface area contributed by atoms with Crippen LogP contribution in [0.3, 0.4) is 0 Å². The van der Waals surface area contributed by atoms with E-state index < -0.39 is 0 Å². The smallest absolute Gasteiger partial charge is 0.0187 e. The van der Waals surface area contributed by atoms with Crippen molar-refractivity contribution in [2.75, 3.05) is 12.8 Å². The maximum absolute atomic E-state index is 3.33. The summed E-state index contributed by atoms with van der Waals surface area (Å²) in [5.41, 5.74) is 2.87. The van der Waals surface area contributed by atoms with Gasteiger partial charge in [-0.1, -0.05) is 31.2 Å². The van der Waals surface area contributed by atoms with Crippen LogP contribution in [0.4, 0.5) is 0 Å². The van der Waals surface area contributed by atoms with Crippen LogP contribution in [0, 0.1) is 6.92 Å². The number of thioether (sulfide) groups is 1. The van der Waals surface area contributed by atoms with Crippen LogP contribution in [0.2, 0.25) is 0 Å². The molecule has 1 aromatic rings. The van der Waals surface area contributed by atoms with Crippen LogP contribution in [0.15, 0.2) is 24.3 Å². The summed E-state index contributed by atoms with van der Waals surface area (Å²) >= 11 is 2.02. The second-order valence-corrected chi connectivity index (χ2v) is 4.87. The fraction of sp³-hybridized carbons (Fsp3) is 0.538. The van der Waals surface area contributed by atoms with E-state index in [9.17, 15) is 0 Å². The highest BCUT2D eigenvalue weighted by molar-refractivity contribution is 7.98. The zero-order valence-electron chi connectivity index (χ0n) is 9.92. The molecular formula is C13H21NS. The zero-order valence-corrected chi connectivity index (χ0v) is 10.7. The first-order chi connectivity index (χ1) is 7.27. The van der Waals surface area contributed by atoms with Crippen molar-refractivity contribution in [3.63, 3.8) is 0 Å². The van der Waals surface area contributed by atoms with Gasteiger partial charge in [-0.2, -0.15) is 11.8 Å². The molecule has 1 aromatic carbocycles. The highest BCUT2D eigenvalue weighted by Crippen LogP contribution is 2.16. The summed E-state index contributed by atoms with van der Waals surface area (Å²) in [5, 5.41) is 3.33. The molecule has 84 valence electrons. The van der Waals surface area contributed by atoms with Crippen molar-refractivity contribution in [1.29, 1.82) is 0 Å². The summed E-state index contributed by atoms with van der Waals surface area (Å²) in [5.74, 6) is 2.33. The number of aryl methyl sites for hydroxylation is 1. The van der Waals surface area contributed by atoms with Gasteiger partial charge in [-0.3, -0.25) is 0 Å². The van der Waals surface area contributed by atoms with Crippen molar-refractivity contribution in [2.24, 2.45) is 0 Å². The van der Waals surface area contributed by atoms with E-state index in [1.54, 1.807) is 0 Å². The molecule has 1 atom stereocenters. The second-order valence-electron chi connectivity index (χ2n) is 3.84. The fourth-order valence-electron chi connectivity index (χ4n) is 1.49. The molecule has 1 nitrogen and oxygen atoms in total. The molecule has 0 fully saturated rings. The van der Waals surface area contributed by atoms with Gasteiger partial charge in [-0.05, 0) is 31.5 Å².